The molecule has 2 rings (SSSR count). The Morgan fingerprint density at radius 1 is 1.35 bits per heavy atom. The van der Waals surface area contributed by atoms with E-state index in [0.717, 1.165) is 6.26 Å². The van der Waals surface area contributed by atoms with E-state index in [2.05, 4.69) is 20.5 Å². The summed E-state index contributed by atoms with van der Waals surface area (Å²) in [6.45, 7) is 0.237. The van der Waals surface area contributed by atoms with E-state index in [1.54, 1.807) is 18.2 Å². The quantitative estimate of drug-likeness (QED) is 0.815. The van der Waals surface area contributed by atoms with Crippen molar-refractivity contribution >= 4 is 15.7 Å². The zero-order chi connectivity index (χ0) is 14.6. The van der Waals surface area contributed by atoms with Crippen molar-refractivity contribution < 1.29 is 17.6 Å². The van der Waals surface area contributed by atoms with E-state index in [0.29, 0.717) is 5.69 Å². The van der Waals surface area contributed by atoms with Gasteiger partial charge in [-0.05, 0) is 12.1 Å². The Morgan fingerprint density at radius 3 is 2.75 bits per heavy atom. The van der Waals surface area contributed by atoms with Crippen LogP contribution in [0.25, 0.3) is 0 Å². The molecular weight excluding hydrogens is 284 g/mol. The molecule has 0 aliphatic rings. The molecular formula is C11H12N4O4S. The molecule has 0 fully saturated rings. The van der Waals surface area contributed by atoms with Crippen LogP contribution in [0.15, 0.2) is 34.0 Å². The Kier molecular flexibility index (Phi) is 4.08. The molecule has 9 heteroatoms. The maximum atomic E-state index is 11.7. The second-order valence-electron chi connectivity index (χ2n) is 3.95. The predicted octanol–water partition coefficient (Wildman–Crippen LogP) is -0.159. The molecule has 0 bridgehead atoms. The van der Waals surface area contributed by atoms with Crippen LogP contribution in [-0.2, 0) is 16.3 Å². The minimum absolute atomic E-state index is 0.145. The standard InChI is InChI=1S/C11H12N4O4S/c1-20(17,18)11-15-14-9(19-11)5-7-13-10(16)8-4-2-3-6-12-8/h2-4,6H,5,7H2,1H3,(H,13,16). The molecule has 0 atom stereocenters. The Bertz CT molecular complexity index is 696. The molecule has 0 saturated heterocycles. The summed E-state index contributed by atoms with van der Waals surface area (Å²) in [6, 6.07) is 5.00. The molecule has 0 unspecified atom stereocenters. The van der Waals surface area contributed by atoms with E-state index in [-0.39, 0.29) is 24.8 Å². The number of amides is 1. The minimum atomic E-state index is -3.50. The summed E-state index contributed by atoms with van der Waals surface area (Å²) >= 11 is 0. The summed E-state index contributed by atoms with van der Waals surface area (Å²) in [4.78, 5) is 15.6. The molecule has 2 aromatic rings. The summed E-state index contributed by atoms with van der Waals surface area (Å²) in [5.74, 6) is -0.180. The first-order valence-electron chi connectivity index (χ1n) is 5.68. The number of aromatic nitrogens is 3. The summed E-state index contributed by atoms with van der Waals surface area (Å²) in [5, 5.41) is 9.19. The third kappa shape index (κ3) is 3.60. The predicted molar refractivity (Wildman–Crippen MR) is 67.7 cm³/mol. The van der Waals surface area contributed by atoms with Crippen LogP contribution in [0, 0.1) is 0 Å². The van der Waals surface area contributed by atoms with Crippen molar-refractivity contribution in [2.75, 3.05) is 12.8 Å². The number of pyridine rings is 1. The van der Waals surface area contributed by atoms with E-state index in [9.17, 15) is 13.2 Å². The zero-order valence-electron chi connectivity index (χ0n) is 10.6. The smallest absolute Gasteiger partial charge is 0.335 e. The molecule has 1 N–H and O–H groups in total. The first-order chi connectivity index (χ1) is 9.47. The fourth-order valence-electron chi connectivity index (χ4n) is 1.36. The molecule has 0 aliphatic heterocycles. The lowest BCUT2D eigenvalue weighted by Crippen LogP contribution is -2.26. The number of sulfone groups is 1. The normalized spacial score (nSPS) is 11.2. The lowest BCUT2D eigenvalue weighted by molar-refractivity contribution is 0.0948. The average Bonchev–Trinajstić information content (AvgIpc) is 2.88. The Balaban J connectivity index is 1.88. The van der Waals surface area contributed by atoms with E-state index in [4.69, 9.17) is 4.42 Å². The van der Waals surface area contributed by atoms with Gasteiger partial charge in [0.25, 0.3) is 5.91 Å². The molecule has 2 heterocycles. The van der Waals surface area contributed by atoms with Crippen LogP contribution < -0.4 is 5.32 Å². The van der Waals surface area contributed by atoms with E-state index in [1.165, 1.54) is 6.20 Å². The van der Waals surface area contributed by atoms with Crippen molar-refractivity contribution in [1.29, 1.82) is 0 Å². The van der Waals surface area contributed by atoms with Gasteiger partial charge in [-0.25, -0.2) is 8.42 Å². The molecule has 0 spiro atoms. The molecule has 0 aromatic carbocycles. The number of nitrogens with zero attached hydrogens (tertiary/aromatic N) is 3. The number of rotatable bonds is 5. The summed E-state index contributed by atoms with van der Waals surface area (Å²) < 4.78 is 27.2. The van der Waals surface area contributed by atoms with E-state index >= 15 is 0 Å². The van der Waals surface area contributed by atoms with Crippen molar-refractivity contribution in [3.8, 4) is 0 Å². The van der Waals surface area contributed by atoms with Gasteiger partial charge in [-0.3, -0.25) is 9.78 Å². The second kappa shape index (κ2) is 5.78. The van der Waals surface area contributed by atoms with Gasteiger partial charge in [-0.2, -0.15) is 0 Å². The number of hydrogen-bond acceptors (Lipinski definition) is 7. The molecule has 0 aliphatic carbocycles. The van der Waals surface area contributed by atoms with Gasteiger partial charge in [0.2, 0.25) is 15.7 Å². The first-order valence-corrected chi connectivity index (χ1v) is 7.57. The highest BCUT2D eigenvalue weighted by molar-refractivity contribution is 7.90. The number of carbonyl (C=O) groups is 1. The first kappa shape index (κ1) is 14.1. The van der Waals surface area contributed by atoms with Crippen LogP contribution in [0.3, 0.4) is 0 Å². The highest BCUT2D eigenvalue weighted by Crippen LogP contribution is 2.06. The average molecular weight is 296 g/mol. The van der Waals surface area contributed by atoms with Gasteiger partial charge < -0.3 is 9.73 Å². The van der Waals surface area contributed by atoms with Gasteiger partial charge in [-0.15, -0.1) is 5.10 Å². The molecule has 20 heavy (non-hydrogen) atoms. The van der Waals surface area contributed by atoms with Crippen molar-refractivity contribution in [2.45, 2.75) is 11.6 Å². The molecule has 0 saturated carbocycles. The van der Waals surface area contributed by atoms with Crippen LogP contribution in [0.2, 0.25) is 0 Å². The second-order valence-corrected chi connectivity index (χ2v) is 5.85. The van der Waals surface area contributed by atoms with Gasteiger partial charge >= 0.3 is 5.22 Å². The van der Waals surface area contributed by atoms with Crippen molar-refractivity contribution in [2.24, 2.45) is 0 Å². The van der Waals surface area contributed by atoms with Crippen LogP contribution >= 0.6 is 0 Å². The Hall–Kier alpha value is -2.29. The highest BCUT2D eigenvalue weighted by Gasteiger charge is 2.16. The largest absolute Gasteiger partial charge is 0.412 e. The zero-order valence-corrected chi connectivity index (χ0v) is 11.4. The van der Waals surface area contributed by atoms with Crippen LogP contribution in [0.4, 0.5) is 0 Å². The number of nitrogens with one attached hydrogen (secondary N) is 1. The van der Waals surface area contributed by atoms with Crippen LogP contribution in [0.5, 0.6) is 0 Å². The Morgan fingerprint density at radius 2 is 2.15 bits per heavy atom. The van der Waals surface area contributed by atoms with Gasteiger partial charge in [-0.1, -0.05) is 11.2 Å². The fourth-order valence-corrected chi connectivity index (χ4v) is 1.80. The minimum Gasteiger partial charge on any atom is -0.412 e. The maximum absolute atomic E-state index is 11.7. The fraction of sp³-hybridized carbons (Fsp3) is 0.273. The molecule has 1 amide bonds. The van der Waals surface area contributed by atoms with Gasteiger partial charge in [0.05, 0.1) is 0 Å². The summed E-state index contributed by atoms with van der Waals surface area (Å²) in [7, 11) is -3.50. The van der Waals surface area contributed by atoms with Gasteiger partial charge in [0.15, 0.2) is 0 Å². The maximum Gasteiger partial charge on any atom is 0.335 e. The van der Waals surface area contributed by atoms with Crippen molar-refractivity contribution in [3.63, 3.8) is 0 Å². The number of carbonyl (C=O) groups excluding carboxylic acids is 1. The third-order valence-electron chi connectivity index (χ3n) is 2.29. The highest BCUT2D eigenvalue weighted by atomic mass is 32.2. The SMILES string of the molecule is CS(=O)(=O)c1nnc(CCNC(=O)c2ccccn2)o1. The molecule has 106 valence electrons. The lowest BCUT2D eigenvalue weighted by Gasteiger charge is -2.01. The Labute approximate surface area is 115 Å². The van der Waals surface area contributed by atoms with Crippen molar-refractivity contribution in [3.05, 3.63) is 36.0 Å². The summed E-state index contributed by atoms with van der Waals surface area (Å²) in [6.07, 6.45) is 2.74. The van der Waals surface area contributed by atoms with Crippen LogP contribution in [0.1, 0.15) is 16.4 Å². The molecule has 8 nitrogen and oxygen atoms in total. The third-order valence-corrected chi connectivity index (χ3v) is 3.09. The summed E-state index contributed by atoms with van der Waals surface area (Å²) in [5.41, 5.74) is 0.301. The van der Waals surface area contributed by atoms with Crippen molar-refractivity contribution in [1.82, 2.24) is 20.5 Å². The van der Waals surface area contributed by atoms with Crippen LogP contribution in [-0.4, -0.2) is 42.3 Å². The molecule has 0 radical (unpaired) electrons. The van der Waals surface area contributed by atoms with Gasteiger partial charge in [0.1, 0.15) is 5.69 Å². The van der Waals surface area contributed by atoms with Gasteiger partial charge in [0, 0.05) is 25.4 Å². The monoisotopic (exact) mass is 296 g/mol. The lowest BCUT2D eigenvalue weighted by atomic mass is 10.3. The molecule has 2 aromatic heterocycles. The van der Waals surface area contributed by atoms with E-state index < -0.39 is 15.1 Å². The topological polar surface area (TPSA) is 115 Å². The van der Waals surface area contributed by atoms with E-state index in [1.807, 2.05) is 0 Å². The number of hydrogen-bond donors (Lipinski definition) is 1.